The van der Waals surface area contributed by atoms with E-state index in [1.165, 1.54) is 11.8 Å². The molecule has 12 heteroatoms. The van der Waals surface area contributed by atoms with E-state index in [0.717, 1.165) is 50.5 Å². The molecule has 0 saturated heterocycles. The summed E-state index contributed by atoms with van der Waals surface area (Å²) in [5, 5.41) is 4.18. The molecule has 0 radical (unpaired) electrons. The van der Waals surface area contributed by atoms with E-state index >= 15 is 0 Å². The molecule has 0 spiro atoms. The number of nitrogens with zero attached hydrogens (tertiary/aromatic N) is 4. The summed E-state index contributed by atoms with van der Waals surface area (Å²) in [6.45, 7) is 11.8. The number of aromatic nitrogens is 4. The van der Waals surface area contributed by atoms with E-state index in [1.54, 1.807) is 23.9 Å². The number of nitrogens with two attached hydrogens (primary N) is 1. The second-order valence-electron chi connectivity index (χ2n) is 12.1. The van der Waals surface area contributed by atoms with Crippen LogP contribution in [0, 0.1) is 0 Å². The van der Waals surface area contributed by atoms with Crippen LogP contribution in [-0.4, -0.2) is 45.0 Å². The van der Waals surface area contributed by atoms with Gasteiger partial charge in [-0.3, -0.25) is 9.59 Å². The second-order valence-corrected chi connectivity index (χ2v) is 19.1. The summed E-state index contributed by atoms with van der Waals surface area (Å²) in [6.07, 6.45) is 6.70. The first-order valence-electron chi connectivity index (χ1n) is 14.3. The zero-order chi connectivity index (χ0) is 30.8. The highest BCUT2D eigenvalue weighted by Crippen LogP contribution is 2.39. The fraction of sp³-hybridized carbons (Fsp3) is 0.355. The van der Waals surface area contributed by atoms with Crippen LogP contribution >= 0.6 is 23.1 Å². The fourth-order valence-electron chi connectivity index (χ4n) is 4.54. The fourth-order valence-corrected chi connectivity index (χ4v) is 7.68. The Balaban J connectivity index is 1.23. The third-order valence-corrected chi connectivity index (χ3v) is 14.6. The van der Waals surface area contributed by atoms with Crippen LogP contribution in [-0.2, 0) is 15.8 Å². The minimum atomic E-state index is -2.11. The summed E-state index contributed by atoms with van der Waals surface area (Å²) < 4.78 is 12.8. The number of rotatable bonds is 12. The number of thioether (sulfide) groups is 1. The molecule has 0 saturated carbocycles. The largest absolute Gasteiger partial charge is 0.397 e. The lowest BCUT2D eigenvalue weighted by atomic mass is 10.2. The Bertz CT molecular complexity index is 1720. The van der Waals surface area contributed by atoms with Gasteiger partial charge in [0.1, 0.15) is 11.9 Å². The summed E-state index contributed by atoms with van der Waals surface area (Å²) in [5.41, 5.74) is 8.47. The van der Waals surface area contributed by atoms with Crippen molar-refractivity contribution in [1.82, 2.24) is 19.1 Å². The van der Waals surface area contributed by atoms with E-state index in [4.69, 9.17) is 10.2 Å². The Labute approximate surface area is 261 Å². The number of amides is 2. The summed E-state index contributed by atoms with van der Waals surface area (Å²) in [6, 6.07) is 16.1. The highest BCUT2D eigenvalue weighted by atomic mass is 32.2. The number of aryl methyl sites for hydroxylation is 1. The van der Waals surface area contributed by atoms with E-state index < -0.39 is 14.2 Å². The number of fused-ring (bicyclic) bond motifs is 2. The van der Waals surface area contributed by atoms with Crippen LogP contribution in [0.4, 0.5) is 5.69 Å². The molecule has 1 unspecified atom stereocenters. The number of carbonyl (C=O) groups is 2. The van der Waals surface area contributed by atoms with Gasteiger partial charge in [0.2, 0.25) is 5.91 Å². The molecule has 2 aromatic carbocycles. The van der Waals surface area contributed by atoms with Gasteiger partial charge in [0.15, 0.2) is 12.7 Å². The van der Waals surface area contributed by atoms with Crippen molar-refractivity contribution in [3.05, 3.63) is 72.9 Å². The number of imidazole rings is 1. The molecule has 3 N–H and O–H groups in total. The van der Waals surface area contributed by atoms with Gasteiger partial charge in [-0.25, -0.2) is 9.97 Å². The number of thiazole rings is 1. The standard InChI is InChI=1S/C31H38N6O3S2Si/c1-31(2,3)43(4,5)40-28(37-18-24(29(32)39)33-20-37)11-8-15-36-16-14-21-12-13-22(17-25(21)36)34-27(38)19-41-30-35-23-9-6-7-10-26(23)42-30/h6-7,9-10,12-14,16-18,20,28H,8,11,15,19H2,1-5H3,(H2,32,39)(H,34,38). The Kier molecular flexibility index (Phi) is 9.11. The molecule has 1 atom stereocenters. The number of para-hydroxylation sites is 1. The molecular weight excluding hydrogens is 597 g/mol. The Hall–Kier alpha value is -3.45. The first-order valence-corrected chi connectivity index (χ1v) is 19.0. The monoisotopic (exact) mass is 634 g/mol. The molecule has 9 nitrogen and oxygen atoms in total. The molecule has 0 aliphatic rings. The van der Waals surface area contributed by atoms with Crippen molar-refractivity contribution in [2.45, 2.75) is 68.9 Å². The third-order valence-electron chi connectivity index (χ3n) is 7.93. The molecule has 0 bridgehead atoms. The van der Waals surface area contributed by atoms with Crippen LogP contribution in [0.5, 0.6) is 0 Å². The van der Waals surface area contributed by atoms with Gasteiger partial charge in [0.05, 0.1) is 27.8 Å². The van der Waals surface area contributed by atoms with Crippen LogP contribution in [0.3, 0.4) is 0 Å². The molecule has 5 rings (SSSR count). The van der Waals surface area contributed by atoms with Crippen LogP contribution in [0.15, 0.2) is 71.6 Å². The Morgan fingerprint density at radius 3 is 2.67 bits per heavy atom. The molecule has 43 heavy (non-hydrogen) atoms. The minimum Gasteiger partial charge on any atom is -0.397 e. The van der Waals surface area contributed by atoms with Gasteiger partial charge < -0.3 is 24.6 Å². The molecule has 0 aliphatic carbocycles. The lowest BCUT2D eigenvalue weighted by Gasteiger charge is -2.39. The van der Waals surface area contributed by atoms with E-state index in [2.05, 4.69) is 66.0 Å². The zero-order valence-corrected chi connectivity index (χ0v) is 27.8. The van der Waals surface area contributed by atoms with Crippen molar-refractivity contribution in [3.8, 4) is 0 Å². The van der Waals surface area contributed by atoms with Crippen molar-refractivity contribution in [3.63, 3.8) is 0 Å². The van der Waals surface area contributed by atoms with Gasteiger partial charge in [0, 0.05) is 24.6 Å². The molecule has 3 aromatic heterocycles. The van der Waals surface area contributed by atoms with Crippen molar-refractivity contribution >= 4 is 70.0 Å². The van der Waals surface area contributed by atoms with Gasteiger partial charge >= 0.3 is 0 Å². The van der Waals surface area contributed by atoms with Crippen molar-refractivity contribution in [2.75, 3.05) is 11.1 Å². The number of benzene rings is 2. The van der Waals surface area contributed by atoms with Gasteiger partial charge in [-0.2, -0.15) is 0 Å². The van der Waals surface area contributed by atoms with Crippen LogP contribution in [0.1, 0.15) is 50.3 Å². The van der Waals surface area contributed by atoms with Crippen molar-refractivity contribution in [1.29, 1.82) is 0 Å². The zero-order valence-electron chi connectivity index (χ0n) is 25.2. The summed E-state index contributed by atoms with van der Waals surface area (Å²) >= 11 is 3.05. The van der Waals surface area contributed by atoms with E-state index in [-0.39, 0.29) is 22.9 Å². The van der Waals surface area contributed by atoms with E-state index in [1.807, 2.05) is 47.0 Å². The average molecular weight is 635 g/mol. The number of carbonyl (C=O) groups excluding carboxylic acids is 2. The molecule has 226 valence electrons. The topological polar surface area (TPSA) is 117 Å². The highest BCUT2D eigenvalue weighted by Gasteiger charge is 2.39. The molecule has 0 aliphatic heterocycles. The smallest absolute Gasteiger partial charge is 0.268 e. The molecular formula is C31H38N6O3S2Si. The summed E-state index contributed by atoms with van der Waals surface area (Å²) in [4.78, 5) is 33.2. The van der Waals surface area contributed by atoms with E-state index in [9.17, 15) is 9.59 Å². The lowest BCUT2D eigenvalue weighted by Crippen LogP contribution is -2.42. The van der Waals surface area contributed by atoms with E-state index in [0.29, 0.717) is 5.75 Å². The number of primary amides is 1. The van der Waals surface area contributed by atoms with Gasteiger partial charge in [-0.05, 0) is 66.7 Å². The quantitative estimate of drug-likeness (QED) is 0.110. The number of hydrogen-bond donors (Lipinski definition) is 2. The number of hydrogen-bond acceptors (Lipinski definition) is 7. The molecule has 3 heterocycles. The third kappa shape index (κ3) is 7.38. The maximum Gasteiger partial charge on any atom is 0.268 e. The van der Waals surface area contributed by atoms with Gasteiger partial charge in [0.25, 0.3) is 5.91 Å². The first kappa shape index (κ1) is 31.0. The Morgan fingerprint density at radius 1 is 1.16 bits per heavy atom. The molecule has 0 fully saturated rings. The lowest BCUT2D eigenvalue weighted by molar-refractivity contribution is -0.113. The highest BCUT2D eigenvalue weighted by molar-refractivity contribution is 8.01. The maximum absolute atomic E-state index is 12.8. The summed E-state index contributed by atoms with van der Waals surface area (Å²) in [7, 11) is -2.11. The minimum absolute atomic E-state index is 0.0305. The maximum atomic E-state index is 12.8. The second kappa shape index (κ2) is 12.6. The SMILES string of the molecule is CC(C)(C)[Si](C)(C)OC(CCCn1ccc2ccc(NC(=O)CSc3nc4ccccc4s3)cc21)n1cnc(C(N)=O)c1. The predicted octanol–water partition coefficient (Wildman–Crippen LogP) is 7.28. The molecule has 2 amide bonds. The predicted molar refractivity (Wildman–Crippen MR) is 178 cm³/mol. The first-order chi connectivity index (χ1) is 20.4. The van der Waals surface area contributed by atoms with Crippen LogP contribution in [0.2, 0.25) is 18.1 Å². The molecule has 5 aromatic rings. The van der Waals surface area contributed by atoms with Gasteiger partial charge in [-0.1, -0.05) is 50.7 Å². The van der Waals surface area contributed by atoms with Crippen molar-refractivity contribution in [2.24, 2.45) is 5.73 Å². The number of nitrogens with one attached hydrogen (secondary N) is 1. The van der Waals surface area contributed by atoms with Crippen LogP contribution < -0.4 is 11.1 Å². The Morgan fingerprint density at radius 2 is 1.95 bits per heavy atom. The average Bonchev–Trinajstić information content (AvgIpc) is 3.69. The normalized spacial score (nSPS) is 13.0. The van der Waals surface area contributed by atoms with Crippen molar-refractivity contribution < 1.29 is 14.0 Å². The summed E-state index contributed by atoms with van der Waals surface area (Å²) in [5.74, 6) is -0.329. The van der Waals surface area contributed by atoms with Crippen LogP contribution in [0.25, 0.3) is 21.1 Å². The number of anilines is 1. The van der Waals surface area contributed by atoms with Gasteiger partial charge in [-0.15, -0.1) is 11.3 Å².